The molecule has 2 aliphatic rings. The average Bonchev–Trinajstić information content (AvgIpc) is 2.99. The second-order valence-corrected chi connectivity index (χ2v) is 12.7. The fourth-order valence-electron chi connectivity index (χ4n) is 5.66. The van der Waals surface area contributed by atoms with Gasteiger partial charge in [-0.3, -0.25) is 9.69 Å². The second kappa shape index (κ2) is 14.3. The molecular weight excluding hydrogens is 587 g/mol. The van der Waals surface area contributed by atoms with Crippen molar-refractivity contribution in [1.82, 2.24) is 9.80 Å². The van der Waals surface area contributed by atoms with E-state index in [4.69, 9.17) is 9.47 Å². The third-order valence-corrected chi connectivity index (χ3v) is 9.15. The van der Waals surface area contributed by atoms with E-state index in [-0.39, 0.29) is 18.5 Å². The highest BCUT2D eigenvalue weighted by Crippen LogP contribution is 2.49. The Bertz CT molecular complexity index is 1420. The summed E-state index contributed by atoms with van der Waals surface area (Å²) in [6, 6.07) is 17.9. The van der Waals surface area contributed by atoms with E-state index in [9.17, 15) is 18.0 Å². The zero-order valence-electron chi connectivity index (χ0n) is 25.5. The Labute approximate surface area is 262 Å². The van der Waals surface area contributed by atoms with Crippen molar-refractivity contribution in [3.63, 3.8) is 0 Å². The van der Waals surface area contributed by atoms with E-state index in [0.29, 0.717) is 25.4 Å². The molecule has 10 heteroatoms. The Morgan fingerprint density at radius 2 is 1.52 bits per heavy atom. The topological polar surface area (TPSA) is 45.3 Å². The monoisotopic (exact) mass is 627 g/mol. The zero-order valence-corrected chi connectivity index (χ0v) is 26.3. The van der Waals surface area contributed by atoms with Crippen LogP contribution in [0, 0.1) is 19.8 Å². The van der Waals surface area contributed by atoms with Crippen LogP contribution in [0.1, 0.15) is 30.0 Å². The standard InChI is InChI=1S/C34H40F3N3O3S/c1-24-19-25(2)21-28(20-24)43-23-26(3)33(41)42-18-17-39-15-13-38(14-16-39)11-6-12-40-29-7-4-5-8-31(29)44-32-10-9-27(22-30(32)40)34(35,36)37/h4-5,7-10,19-22,26H,6,11-18,23H2,1-3H3. The quantitative estimate of drug-likeness (QED) is 0.209. The molecule has 236 valence electrons. The molecule has 1 unspecified atom stereocenters. The van der Waals surface area contributed by atoms with Gasteiger partial charge in [-0.2, -0.15) is 13.2 Å². The smallest absolute Gasteiger partial charge is 0.416 e. The maximum absolute atomic E-state index is 13.5. The largest absolute Gasteiger partial charge is 0.493 e. The number of anilines is 2. The van der Waals surface area contributed by atoms with E-state index >= 15 is 0 Å². The fourth-order valence-corrected chi connectivity index (χ4v) is 6.73. The number of halogens is 3. The zero-order chi connectivity index (χ0) is 31.3. The number of para-hydroxylation sites is 1. The van der Waals surface area contributed by atoms with Gasteiger partial charge < -0.3 is 19.3 Å². The summed E-state index contributed by atoms with van der Waals surface area (Å²) < 4.78 is 51.9. The molecule has 1 atom stereocenters. The number of nitrogens with zero attached hydrogens (tertiary/aromatic N) is 3. The lowest BCUT2D eigenvalue weighted by Crippen LogP contribution is -2.47. The molecule has 1 saturated heterocycles. The predicted molar refractivity (Wildman–Crippen MR) is 168 cm³/mol. The predicted octanol–water partition coefficient (Wildman–Crippen LogP) is 7.19. The highest BCUT2D eigenvalue weighted by atomic mass is 32.2. The fraction of sp³-hybridized carbons (Fsp3) is 0.441. The van der Waals surface area contributed by atoms with Crippen molar-refractivity contribution < 1.29 is 27.4 Å². The van der Waals surface area contributed by atoms with Gasteiger partial charge >= 0.3 is 12.1 Å². The first-order chi connectivity index (χ1) is 21.1. The third kappa shape index (κ3) is 8.28. The number of hydrogen-bond donors (Lipinski definition) is 0. The van der Waals surface area contributed by atoms with Gasteiger partial charge in [0.1, 0.15) is 19.0 Å². The summed E-state index contributed by atoms with van der Waals surface area (Å²) in [5.74, 6) is 0.153. The average molecular weight is 628 g/mol. The molecule has 0 bridgehead atoms. The number of ether oxygens (including phenoxy) is 2. The van der Waals surface area contributed by atoms with Gasteiger partial charge in [0.05, 0.1) is 22.9 Å². The van der Waals surface area contributed by atoms with Crippen LogP contribution in [-0.4, -0.2) is 74.8 Å². The van der Waals surface area contributed by atoms with Crippen LogP contribution < -0.4 is 9.64 Å². The molecule has 0 amide bonds. The summed E-state index contributed by atoms with van der Waals surface area (Å²) in [5, 5.41) is 0. The summed E-state index contributed by atoms with van der Waals surface area (Å²) in [5.41, 5.74) is 3.19. The van der Waals surface area contributed by atoms with Crippen LogP contribution in [0.25, 0.3) is 0 Å². The van der Waals surface area contributed by atoms with Gasteiger partial charge in [-0.25, -0.2) is 0 Å². The molecule has 1 fully saturated rings. The van der Waals surface area contributed by atoms with Crippen molar-refractivity contribution in [2.45, 2.75) is 43.2 Å². The van der Waals surface area contributed by atoms with Crippen LogP contribution >= 0.6 is 11.8 Å². The Balaban J connectivity index is 1.04. The maximum atomic E-state index is 13.5. The van der Waals surface area contributed by atoms with Gasteiger partial charge in [0.2, 0.25) is 0 Å². The lowest BCUT2D eigenvalue weighted by Gasteiger charge is -2.36. The minimum Gasteiger partial charge on any atom is -0.493 e. The first-order valence-corrected chi connectivity index (χ1v) is 16.0. The number of piperazine rings is 1. The maximum Gasteiger partial charge on any atom is 0.416 e. The molecule has 3 aromatic carbocycles. The SMILES string of the molecule is Cc1cc(C)cc(OCC(C)C(=O)OCCN2CCN(CCCN3c4ccccc4Sc4ccc(C(F)(F)F)cc43)CC2)c1. The molecular formula is C34H40F3N3O3S. The first kappa shape index (κ1) is 32.2. The van der Waals surface area contributed by atoms with E-state index in [1.54, 1.807) is 6.07 Å². The first-order valence-electron chi connectivity index (χ1n) is 15.1. The molecule has 0 aromatic heterocycles. The van der Waals surface area contributed by atoms with Gasteiger partial charge in [-0.15, -0.1) is 0 Å². The molecule has 0 spiro atoms. The molecule has 3 aromatic rings. The number of carbonyl (C=O) groups is 1. The van der Waals surface area contributed by atoms with Gasteiger partial charge in [-0.1, -0.05) is 30.0 Å². The molecule has 2 aliphatic heterocycles. The summed E-state index contributed by atoms with van der Waals surface area (Å²) in [6.45, 7) is 12.2. The van der Waals surface area contributed by atoms with Gasteiger partial charge in [0.25, 0.3) is 0 Å². The molecule has 0 radical (unpaired) electrons. The molecule has 5 rings (SSSR count). The minimum absolute atomic E-state index is 0.255. The molecule has 0 saturated carbocycles. The summed E-state index contributed by atoms with van der Waals surface area (Å²) >= 11 is 1.52. The molecule has 2 heterocycles. The lowest BCUT2D eigenvalue weighted by molar-refractivity contribution is -0.149. The number of esters is 1. The molecule has 0 N–H and O–H groups in total. The number of carbonyl (C=O) groups excluding carboxylic acids is 1. The van der Waals surface area contributed by atoms with Crippen LogP contribution in [0.15, 0.2) is 70.5 Å². The van der Waals surface area contributed by atoms with Gasteiger partial charge in [0, 0.05) is 49.1 Å². The Morgan fingerprint density at radius 3 is 2.23 bits per heavy atom. The Hall–Kier alpha value is -3.21. The Kier molecular flexibility index (Phi) is 10.4. The number of rotatable bonds is 11. The van der Waals surface area contributed by atoms with Crippen molar-refractivity contribution in [1.29, 1.82) is 0 Å². The van der Waals surface area contributed by atoms with E-state index in [1.165, 1.54) is 23.9 Å². The molecule has 44 heavy (non-hydrogen) atoms. The summed E-state index contributed by atoms with van der Waals surface area (Å²) in [7, 11) is 0. The molecule has 6 nitrogen and oxygen atoms in total. The number of benzene rings is 3. The third-order valence-electron chi connectivity index (χ3n) is 8.02. The van der Waals surface area contributed by atoms with Gasteiger partial charge in [-0.05, 0) is 87.3 Å². The van der Waals surface area contributed by atoms with E-state index < -0.39 is 11.7 Å². The summed E-state index contributed by atoms with van der Waals surface area (Å²) in [4.78, 5) is 21.1. The lowest BCUT2D eigenvalue weighted by atomic mass is 10.1. The van der Waals surface area contributed by atoms with Crippen molar-refractivity contribution in [3.05, 3.63) is 77.4 Å². The van der Waals surface area contributed by atoms with E-state index in [2.05, 4.69) is 15.9 Å². The van der Waals surface area contributed by atoms with Gasteiger partial charge in [0.15, 0.2) is 0 Å². The number of alkyl halides is 3. The van der Waals surface area contributed by atoms with Crippen LogP contribution in [0.4, 0.5) is 24.5 Å². The number of aryl methyl sites for hydroxylation is 2. The molecule has 0 aliphatic carbocycles. The van der Waals surface area contributed by atoms with Crippen molar-refractivity contribution in [2.24, 2.45) is 5.92 Å². The van der Waals surface area contributed by atoms with Crippen molar-refractivity contribution in [3.8, 4) is 5.75 Å². The number of hydrogen-bond acceptors (Lipinski definition) is 7. The van der Waals surface area contributed by atoms with E-state index in [1.807, 2.05) is 62.1 Å². The summed E-state index contributed by atoms with van der Waals surface area (Å²) in [6.07, 6.45) is -3.55. The highest BCUT2D eigenvalue weighted by Gasteiger charge is 2.33. The highest BCUT2D eigenvalue weighted by molar-refractivity contribution is 7.99. The Morgan fingerprint density at radius 1 is 0.864 bits per heavy atom. The van der Waals surface area contributed by atoms with Crippen LogP contribution in [0.2, 0.25) is 0 Å². The van der Waals surface area contributed by atoms with Crippen LogP contribution in [0.5, 0.6) is 5.75 Å². The van der Waals surface area contributed by atoms with Crippen molar-refractivity contribution in [2.75, 3.05) is 63.9 Å². The van der Waals surface area contributed by atoms with E-state index in [0.717, 1.165) is 71.5 Å². The normalized spacial score (nSPS) is 16.3. The minimum atomic E-state index is -4.38. The van der Waals surface area contributed by atoms with Crippen molar-refractivity contribution >= 4 is 29.1 Å². The van der Waals surface area contributed by atoms with Crippen LogP contribution in [0.3, 0.4) is 0 Å². The number of fused-ring (bicyclic) bond motifs is 2. The van der Waals surface area contributed by atoms with Crippen LogP contribution in [-0.2, 0) is 15.7 Å². The second-order valence-electron chi connectivity index (χ2n) is 11.6.